The molecule has 0 spiro atoms. The molecule has 24 nitrogen and oxygen atoms in total. The normalized spacial score (nSPS) is 53.5. The zero-order valence-corrected chi connectivity index (χ0v) is 27.2. The molecule has 24 heteroatoms. The minimum absolute atomic E-state index is 0.506. The summed E-state index contributed by atoms with van der Waals surface area (Å²) < 4.78 is 49.5. The fraction of sp³-hybridized carbons (Fsp3) is 1.00. The third-order valence-electron chi connectivity index (χ3n) is 9.54. The van der Waals surface area contributed by atoms with Gasteiger partial charge in [0.25, 0.3) is 0 Å². The van der Waals surface area contributed by atoms with Crippen molar-refractivity contribution in [2.24, 2.45) is 0 Å². The Balaban J connectivity index is 1.37. The summed E-state index contributed by atoms with van der Waals surface area (Å²) in [7, 11) is 0. The van der Waals surface area contributed by atoms with E-state index in [2.05, 4.69) is 0 Å². The van der Waals surface area contributed by atoms with Crippen molar-refractivity contribution in [2.75, 3.05) is 33.0 Å². The van der Waals surface area contributed by atoms with E-state index in [1.165, 1.54) is 0 Å². The Morgan fingerprint density at radius 2 is 0.808 bits per heavy atom. The minimum atomic E-state index is -2.04. The van der Waals surface area contributed by atoms with E-state index < -0.39 is 174 Å². The summed E-state index contributed by atoms with van der Waals surface area (Å²) in [5.74, 6) is 0. The fourth-order valence-corrected chi connectivity index (χ4v) is 6.41. The minimum Gasteiger partial charge on any atom is -0.394 e. The molecule has 0 aromatic rings. The zero-order chi connectivity index (χ0) is 38.2. The lowest BCUT2D eigenvalue weighted by Gasteiger charge is -2.49. The van der Waals surface area contributed by atoms with E-state index in [0.717, 1.165) is 0 Å². The molecular weight excluding hydrogens is 720 g/mol. The number of ether oxygens (including phenoxy) is 9. The van der Waals surface area contributed by atoms with Crippen LogP contribution in [-0.4, -0.2) is 251 Å². The highest BCUT2D eigenvalue weighted by atomic mass is 16.8. The first-order valence-electron chi connectivity index (χ1n) is 16.4. The molecule has 0 radical (unpaired) electrons. The van der Waals surface area contributed by atoms with Gasteiger partial charge in [0, 0.05) is 0 Å². The van der Waals surface area contributed by atoms with Crippen LogP contribution in [0.5, 0.6) is 0 Å². The van der Waals surface area contributed by atoms with Crippen molar-refractivity contribution in [3.05, 3.63) is 0 Å². The topological polar surface area (TPSA) is 387 Å². The van der Waals surface area contributed by atoms with E-state index in [9.17, 15) is 76.6 Å². The smallest absolute Gasteiger partial charge is 0.187 e. The van der Waals surface area contributed by atoms with E-state index in [-0.39, 0.29) is 0 Å². The molecule has 0 bridgehead atoms. The van der Waals surface area contributed by atoms with Crippen molar-refractivity contribution >= 4 is 0 Å². The molecule has 5 aliphatic heterocycles. The largest absolute Gasteiger partial charge is 0.394 e. The Morgan fingerprint density at radius 3 is 1.42 bits per heavy atom. The van der Waals surface area contributed by atoms with Gasteiger partial charge in [-0.3, -0.25) is 0 Å². The number of hydrogen-bond acceptors (Lipinski definition) is 24. The van der Waals surface area contributed by atoms with Gasteiger partial charge in [-0.1, -0.05) is 0 Å². The number of aliphatic hydroxyl groups excluding tert-OH is 15. The molecule has 15 N–H and O–H groups in total. The summed E-state index contributed by atoms with van der Waals surface area (Å²) in [6, 6.07) is 0. The van der Waals surface area contributed by atoms with Gasteiger partial charge in [-0.15, -0.1) is 0 Å². The van der Waals surface area contributed by atoms with Crippen LogP contribution >= 0.6 is 0 Å². The molecule has 52 heavy (non-hydrogen) atoms. The van der Waals surface area contributed by atoms with Crippen LogP contribution < -0.4 is 0 Å². The van der Waals surface area contributed by atoms with Crippen molar-refractivity contribution < 1.29 is 119 Å². The Hall–Kier alpha value is -0.960. The lowest BCUT2D eigenvalue weighted by molar-refractivity contribution is -0.399. The maximum absolute atomic E-state index is 11.2. The van der Waals surface area contributed by atoms with Gasteiger partial charge >= 0.3 is 0 Å². The van der Waals surface area contributed by atoms with Crippen LogP contribution in [-0.2, 0) is 42.6 Å². The molecule has 5 saturated heterocycles. The molecule has 0 aliphatic carbocycles. The van der Waals surface area contributed by atoms with Crippen molar-refractivity contribution in [2.45, 2.75) is 141 Å². The highest BCUT2D eigenvalue weighted by Crippen LogP contribution is 2.35. The van der Waals surface area contributed by atoms with E-state index in [4.69, 9.17) is 42.6 Å². The van der Waals surface area contributed by atoms with Gasteiger partial charge in [0.05, 0.1) is 33.0 Å². The predicted octanol–water partition coefficient (Wildman–Crippen LogP) is -10.6. The maximum Gasteiger partial charge on any atom is 0.187 e. The van der Waals surface area contributed by atoms with Crippen LogP contribution in [0.1, 0.15) is 0 Å². The summed E-state index contributed by atoms with van der Waals surface area (Å²) in [5, 5.41) is 156. The molecule has 304 valence electrons. The van der Waals surface area contributed by atoms with Crippen molar-refractivity contribution in [1.82, 2.24) is 0 Å². The molecular formula is C28H48O24. The first kappa shape index (κ1) is 42.2. The molecule has 0 aromatic carbocycles. The van der Waals surface area contributed by atoms with Crippen molar-refractivity contribution in [3.63, 3.8) is 0 Å². The van der Waals surface area contributed by atoms with Crippen LogP contribution in [0.4, 0.5) is 0 Å². The molecule has 0 amide bonds. The second-order valence-electron chi connectivity index (χ2n) is 13.1. The Labute approximate surface area is 293 Å². The average Bonchev–Trinajstić information content (AvgIpc) is 3.12. The van der Waals surface area contributed by atoms with Crippen LogP contribution in [0.3, 0.4) is 0 Å². The number of aliphatic hydroxyl groups is 15. The van der Waals surface area contributed by atoms with Gasteiger partial charge in [-0.2, -0.15) is 0 Å². The average molecular weight is 769 g/mol. The van der Waals surface area contributed by atoms with Crippen LogP contribution in [0.25, 0.3) is 0 Å². The van der Waals surface area contributed by atoms with Crippen LogP contribution in [0.2, 0.25) is 0 Å². The van der Waals surface area contributed by atoms with Gasteiger partial charge < -0.3 is 119 Å². The molecule has 5 rings (SSSR count). The molecule has 23 atom stereocenters. The fourth-order valence-electron chi connectivity index (χ4n) is 6.41. The Bertz CT molecular complexity index is 1110. The first-order chi connectivity index (χ1) is 24.6. The van der Waals surface area contributed by atoms with Gasteiger partial charge in [-0.05, 0) is 0 Å². The molecule has 0 unspecified atom stereocenters. The second kappa shape index (κ2) is 17.9. The standard InChI is InChI=1S/C28H48O24/c29-1-8-13(36)16(39)23(28(48-8)50-20-14(37)9(2-30)46-24(43)18(20)41)52-27-22(12(35)7(33)5-45-27)51-26-19(42)21(15(38)10(3-31)47-26)49-25-17(40)11(34)6(32)4-44-25/h6-43H,1-5H2/t6-,7-,8-,9-,10-,11+,12+,13-,14-,15-,16+,17-,18-,19-,20+,21+,22-,23-,24-,25+,26+,27+,28+/m1/s1. The van der Waals surface area contributed by atoms with Crippen molar-refractivity contribution in [3.8, 4) is 0 Å². The lowest BCUT2D eigenvalue weighted by Crippen LogP contribution is -2.67. The van der Waals surface area contributed by atoms with E-state index in [0.29, 0.717) is 0 Å². The SMILES string of the molecule is OC[C@H]1O[C@@H](O[C@@H]2[C@@H](O)[C@H](O)O[C@H](CO)[C@H]2O)[C@H](O[C@@H]2OC[C@@H](O)[C@H](O)[C@H]2O[C@@H]2O[C@H](CO)[C@@H](O)[C@H](O[C@@H]3OC[C@@H](O)[C@H](O)[C@H]3O)[C@H]2O)[C@@H](O)[C@@H]1O. The molecule has 0 saturated carbocycles. The summed E-state index contributed by atoms with van der Waals surface area (Å²) in [5.41, 5.74) is 0. The van der Waals surface area contributed by atoms with Crippen LogP contribution in [0, 0.1) is 0 Å². The highest BCUT2D eigenvalue weighted by Gasteiger charge is 2.55. The number of rotatable bonds is 11. The monoisotopic (exact) mass is 768 g/mol. The van der Waals surface area contributed by atoms with Gasteiger partial charge in [0.2, 0.25) is 0 Å². The Kier molecular flexibility index (Phi) is 14.5. The second-order valence-corrected chi connectivity index (χ2v) is 13.1. The van der Waals surface area contributed by atoms with Crippen molar-refractivity contribution in [1.29, 1.82) is 0 Å². The van der Waals surface area contributed by atoms with E-state index in [1.807, 2.05) is 0 Å². The summed E-state index contributed by atoms with van der Waals surface area (Å²) in [6.45, 7) is -3.76. The summed E-state index contributed by atoms with van der Waals surface area (Å²) in [4.78, 5) is 0. The van der Waals surface area contributed by atoms with Gasteiger partial charge in [0.1, 0.15) is 110 Å². The summed E-state index contributed by atoms with van der Waals surface area (Å²) >= 11 is 0. The first-order valence-corrected chi connectivity index (χ1v) is 16.4. The maximum atomic E-state index is 11.2. The van der Waals surface area contributed by atoms with Gasteiger partial charge in [0.15, 0.2) is 31.5 Å². The molecule has 5 aliphatic rings. The zero-order valence-electron chi connectivity index (χ0n) is 27.2. The highest BCUT2D eigenvalue weighted by molar-refractivity contribution is 4.97. The predicted molar refractivity (Wildman–Crippen MR) is 155 cm³/mol. The summed E-state index contributed by atoms with van der Waals surface area (Å²) in [6.07, 6.45) is -41.7. The van der Waals surface area contributed by atoms with Crippen LogP contribution in [0.15, 0.2) is 0 Å². The quantitative estimate of drug-likeness (QED) is 0.0927. The molecule has 5 heterocycles. The van der Waals surface area contributed by atoms with Gasteiger partial charge in [-0.25, -0.2) is 0 Å². The Morgan fingerprint density at radius 1 is 0.365 bits per heavy atom. The molecule has 0 aromatic heterocycles. The third kappa shape index (κ3) is 8.55. The van der Waals surface area contributed by atoms with E-state index in [1.54, 1.807) is 0 Å². The number of hydrogen-bond donors (Lipinski definition) is 15. The third-order valence-corrected chi connectivity index (χ3v) is 9.54. The lowest BCUT2D eigenvalue weighted by atomic mass is 9.96. The molecule has 5 fully saturated rings. The van der Waals surface area contributed by atoms with E-state index >= 15 is 0 Å².